The fraction of sp³-hybridized carbons (Fsp3) is 0.240. The van der Waals surface area contributed by atoms with Crippen molar-refractivity contribution in [3.63, 3.8) is 0 Å². The molecule has 1 atom stereocenters. The minimum absolute atomic E-state index is 0.0683. The number of rotatable bonds is 3. The summed E-state index contributed by atoms with van der Waals surface area (Å²) in [6.45, 7) is 2.01. The van der Waals surface area contributed by atoms with Crippen LogP contribution in [0.2, 0.25) is 0 Å². The number of allylic oxidation sites excluding steroid dienone is 1. The Morgan fingerprint density at radius 2 is 1.94 bits per heavy atom. The molecule has 1 aliphatic heterocycles. The maximum atomic E-state index is 13.5. The molecule has 5 rings (SSSR count). The number of ether oxygens (including phenoxy) is 1. The Morgan fingerprint density at radius 1 is 1.18 bits per heavy atom. The van der Waals surface area contributed by atoms with Gasteiger partial charge in [0.1, 0.15) is 5.82 Å². The van der Waals surface area contributed by atoms with Crippen molar-refractivity contribution in [2.75, 3.05) is 19.4 Å². The molecule has 0 spiro atoms. The number of halogens is 2. The molecular weight excluding hydrogens is 440 g/mol. The number of hydrogen-bond acceptors (Lipinski definition) is 5. The van der Waals surface area contributed by atoms with Crippen LogP contribution < -0.4 is 5.73 Å². The molecule has 0 fully saturated rings. The van der Waals surface area contributed by atoms with E-state index in [4.69, 9.17) is 10.5 Å². The fourth-order valence-corrected chi connectivity index (χ4v) is 4.52. The Morgan fingerprint density at radius 3 is 2.71 bits per heavy atom. The largest absolute Gasteiger partial charge is 0.383 e. The Hall–Kier alpha value is -3.85. The van der Waals surface area contributed by atoms with E-state index in [1.807, 2.05) is 7.05 Å². The van der Waals surface area contributed by atoms with Gasteiger partial charge in [-0.25, -0.2) is 4.98 Å². The standard InChI is InChI=1S/C25H23F2N5O2/c1-13(23(26)27)14-4-6-17-16(8-14)11-34-12-21(17)31(2)25(33)15-5-7-20-18(9-15)22-19(24(28)30-20)10-29-32(22)3/h4-10,21H,11-12H2,1-3H3,(H2,28,30). The number of carbonyl (C=O) groups is 1. The first-order chi connectivity index (χ1) is 16.3. The molecule has 2 N–H and O–H groups in total. The van der Waals surface area contributed by atoms with Gasteiger partial charge in [0.05, 0.1) is 41.9 Å². The van der Waals surface area contributed by atoms with Gasteiger partial charge in [0, 0.05) is 30.6 Å². The molecule has 2 aromatic carbocycles. The zero-order chi connectivity index (χ0) is 24.1. The molecule has 34 heavy (non-hydrogen) atoms. The number of fused-ring (bicyclic) bond motifs is 4. The van der Waals surface area contributed by atoms with E-state index in [0.717, 1.165) is 27.4 Å². The molecule has 9 heteroatoms. The molecule has 7 nitrogen and oxygen atoms in total. The first-order valence-corrected chi connectivity index (χ1v) is 10.8. The highest BCUT2D eigenvalue weighted by Crippen LogP contribution is 2.34. The molecule has 0 radical (unpaired) electrons. The monoisotopic (exact) mass is 463 g/mol. The second-order valence-electron chi connectivity index (χ2n) is 8.51. The summed E-state index contributed by atoms with van der Waals surface area (Å²) in [5.41, 5.74) is 10.1. The molecule has 0 saturated heterocycles. The third kappa shape index (κ3) is 3.49. The fourth-order valence-electron chi connectivity index (χ4n) is 4.52. The number of anilines is 1. The Bertz CT molecular complexity index is 1490. The van der Waals surface area contributed by atoms with Gasteiger partial charge in [-0.3, -0.25) is 9.48 Å². The molecule has 0 bridgehead atoms. The summed E-state index contributed by atoms with van der Waals surface area (Å²) < 4.78 is 33.6. The van der Waals surface area contributed by atoms with Gasteiger partial charge in [-0.1, -0.05) is 12.1 Å². The van der Waals surface area contributed by atoms with E-state index in [-0.39, 0.29) is 17.5 Å². The number of nitrogen functional groups attached to an aromatic ring is 1. The molecule has 4 aromatic rings. The van der Waals surface area contributed by atoms with Crippen molar-refractivity contribution in [1.82, 2.24) is 19.7 Å². The lowest BCUT2D eigenvalue weighted by Gasteiger charge is -2.33. The van der Waals surface area contributed by atoms with Gasteiger partial charge in [-0.15, -0.1) is 0 Å². The lowest BCUT2D eigenvalue weighted by molar-refractivity contribution is 0.0346. The van der Waals surface area contributed by atoms with Crippen molar-refractivity contribution in [1.29, 1.82) is 0 Å². The molecule has 0 saturated carbocycles. The summed E-state index contributed by atoms with van der Waals surface area (Å²) in [7, 11) is 3.54. The Balaban J connectivity index is 1.52. The lowest BCUT2D eigenvalue weighted by atomic mass is 9.93. The van der Waals surface area contributed by atoms with E-state index in [1.54, 1.807) is 59.2 Å². The molecular formula is C25H23F2N5O2. The molecule has 1 aliphatic rings. The van der Waals surface area contributed by atoms with Crippen molar-refractivity contribution in [2.45, 2.75) is 19.6 Å². The highest BCUT2D eigenvalue weighted by atomic mass is 19.3. The number of hydrogen-bond donors (Lipinski definition) is 1. The second kappa shape index (κ2) is 8.18. The van der Waals surface area contributed by atoms with E-state index in [9.17, 15) is 13.6 Å². The van der Waals surface area contributed by atoms with Gasteiger partial charge in [-0.2, -0.15) is 13.9 Å². The van der Waals surface area contributed by atoms with Gasteiger partial charge in [0.25, 0.3) is 12.0 Å². The van der Waals surface area contributed by atoms with E-state index >= 15 is 0 Å². The molecule has 3 heterocycles. The van der Waals surface area contributed by atoms with Crippen LogP contribution in [0.5, 0.6) is 0 Å². The third-order valence-electron chi connectivity index (χ3n) is 6.49. The van der Waals surface area contributed by atoms with Gasteiger partial charge in [0.2, 0.25) is 0 Å². The van der Waals surface area contributed by atoms with Crippen LogP contribution in [0.15, 0.2) is 48.7 Å². The third-order valence-corrected chi connectivity index (χ3v) is 6.49. The smallest absolute Gasteiger partial charge is 0.273 e. The van der Waals surface area contributed by atoms with E-state index in [0.29, 0.717) is 35.7 Å². The number of aryl methyl sites for hydroxylation is 1. The maximum absolute atomic E-state index is 13.5. The molecule has 2 aromatic heterocycles. The number of nitrogens with two attached hydrogens (primary N) is 1. The number of pyridine rings is 1. The number of aromatic nitrogens is 3. The summed E-state index contributed by atoms with van der Waals surface area (Å²) in [6, 6.07) is 10.1. The van der Waals surface area contributed by atoms with Gasteiger partial charge in [0.15, 0.2) is 0 Å². The molecule has 174 valence electrons. The number of amides is 1. The first kappa shape index (κ1) is 22.0. The molecule has 0 aliphatic carbocycles. The van der Waals surface area contributed by atoms with Crippen LogP contribution in [0.25, 0.3) is 27.4 Å². The van der Waals surface area contributed by atoms with Crippen LogP contribution in [0, 0.1) is 0 Å². The number of likely N-dealkylation sites (N-methyl/N-ethyl adjacent to an activating group) is 1. The number of nitrogens with zero attached hydrogens (tertiary/aromatic N) is 4. The second-order valence-corrected chi connectivity index (χ2v) is 8.51. The van der Waals surface area contributed by atoms with Crippen LogP contribution in [0.3, 0.4) is 0 Å². The maximum Gasteiger partial charge on any atom is 0.273 e. The predicted molar refractivity (Wildman–Crippen MR) is 126 cm³/mol. The minimum atomic E-state index is -1.71. The van der Waals surface area contributed by atoms with E-state index in [1.165, 1.54) is 6.92 Å². The van der Waals surface area contributed by atoms with Crippen molar-refractivity contribution in [3.05, 3.63) is 70.9 Å². The SMILES string of the molecule is CC(=C(F)F)c1ccc2c(c1)COCC2N(C)C(=O)c1ccc2nc(N)c3cnn(C)c3c2c1. The van der Waals surface area contributed by atoms with Crippen LogP contribution in [0.1, 0.15) is 40.0 Å². The average molecular weight is 463 g/mol. The normalized spacial score (nSPS) is 15.4. The van der Waals surface area contributed by atoms with Gasteiger partial charge >= 0.3 is 0 Å². The number of benzene rings is 2. The summed E-state index contributed by atoms with van der Waals surface area (Å²) >= 11 is 0. The summed E-state index contributed by atoms with van der Waals surface area (Å²) in [5.74, 6) is 0.199. The van der Waals surface area contributed by atoms with Crippen LogP contribution in [0.4, 0.5) is 14.6 Å². The lowest BCUT2D eigenvalue weighted by Crippen LogP contribution is -2.36. The van der Waals surface area contributed by atoms with Crippen LogP contribution in [-0.4, -0.2) is 39.2 Å². The van der Waals surface area contributed by atoms with Crippen molar-refractivity contribution in [2.24, 2.45) is 7.05 Å². The number of carbonyl (C=O) groups excluding carboxylic acids is 1. The quantitative estimate of drug-likeness (QED) is 0.477. The average Bonchev–Trinajstić information content (AvgIpc) is 3.24. The summed E-state index contributed by atoms with van der Waals surface area (Å²) in [6.07, 6.45) is -0.0517. The van der Waals surface area contributed by atoms with Crippen molar-refractivity contribution in [3.8, 4) is 0 Å². The minimum Gasteiger partial charge on any atom is -0.383 e. The Kier molecular flexibility index (Phi) is 5.28. The van der Waals surface area contributed by atoms with Gasteiger partial charge in [-0.05, 0) is 47.9 Å². The zero-order valence-corrected chi connectivity index (χ0v) is 19.0. The van der Waals surface area contributed by atoms with E-state index in [2.05, 4.69) is 10.1 Å². The zero-order valence-electron chi connectivity index (χ0n) is 19.0. The van der Waals surface area contributed by atoms with Crippen LogP contribution >= 0.6 is 0 Å². The summed E-state index contributed by atoms with van der Waals surface area (Å²) in [4.78, 5) is 19.6. The van der Waals surface area contributed by atoms with Gasteiger partial charge < -0.3 is 15.4 Å². The van der Waals surface area contributed by atoms with Crippen molar-refractivity contribution >= 4 is 39.1 Å². The first-order valence-electron chi connectivity index (χ1n) is 10.8. The molecule has 1 amide bonds. The highest BCUT2D eigenvalue weighted by molar-refractivity contribution is 6.10. The topological polar surface area (TPSA) is 86.3 Å². The predicted octanol–water partition coefficient (Wildman–Crippen LogP) is 4.67. The summed E-state index contributed by atoms with van der Waals surface area (Å²) in [5, 5.41) is 5.79. The molecule has 1 unspecified atom stereocenters. The highest BCUT2D eigenvalue weighted by Gasteiger charge is 2.29. The van der Waals surface area contributed by atoms with E-state index < -0.39 is 6.08 Å². The van der Waals surface area contributed by atoms with Crippen LogP contribution in [-0.2, 0) is 18.4 Å². The van der Waals surface area contributed by atoms with Crippen molar-refractivity contribution < 1.29 is 18.3 Å². The Labute approximate surface area is 194 Å².